The molecule has 106 valence electrons. The molecule has 2 N–H and O–H groups in total. The second-order valence-corrected chi connectivity index (χ2v) is 6.21. The lowest BCUT2D eigenvalue weighted by Crippen LogP contribution is -2.28. The van der Waals surface area contributed by atoms with Gasteiger partial charge in [-0.25, -0.2) is 0 Å². The van der Waals surface area contributed by atoms with Crippen molar-refractivity contribution in [1.29, 1.82) is 0 Å². The van der Waals surface area contributed by atoms with Crippen LogP contribution in [-0.2, 0) is 11.4 Å². The van der Waals surface area contributed by atoms with Gasteiger partial charge in [0.1, 0.15) is 0 Å². The Morgan fingerprint density at radius 1 is 1.50 bits per heavy atom. The number of benzene rings is 1. The van der Waals surface area contributed by atoms with E-state index in [1.807, 2.05) is 24.3 Å². The first-order valence-electron chi connectivity index (χ1n) is 6.30. The Hall–Kier alpha value is -1.08. The van der Waals surface area contributed by atoms with Crippen molar-refractivity contribution in [2.45, 2.75) is 22.7 Å². The first-order chi connectivity index (χ1) is 9.66. The van der Waals surface area contributed by atoms with Gasteiger partial charge in [0, 0.05) is 16.5 Å². The van der Waals surface area contributed by atoms with Crippen molar-refractivity contribution in [1.82, 2.24) is 15.5 Å². The van der Waals surface area contributed by atoms with Gasteiger partial charge in [-0.3, -0.25) is 0 Å². The Kier molecular flexibility index (Phi) is 3.98. The summed E-state index contributed by atoms with van der Waals surface area (Å²) in [4.78, 5) is 5.33. The van der Waals surface area contributed by atoms with Gasteiger partial charge < -0.3 is 14.9 Å². The third-order valence-corrected chi connectivity index (χ3v) is 4.39. The molecule has 1 aliphatic heterocycles. The van der Waals surface area contributed by atoms with Crippen molar-refractivity contribution < 1.29 is 9.63 Å². The first-order valence-corrected chi connectivity index (χ1v) is 7.67. The van der Waals surface area contributed by atoms with Gasteiger partial charge >= 0.3 is 0 Å². The van der Waals surface area contributed by atoms with E-state index >= 15 is 0 Å². The van der Waals surface area contributed by atoms with Crippen LogP contribution in [0.25, 0.3) is 0 Å². The van der Waals surface area contributed by atoms with Crippen LogP contribution < -0.4 is 5.32 Å². The van der Waals surface area contributed by atoms with Crippen LogP contribution in [0.4, 0.5) is 0 Å². The highest BCUT2D eigenvalue weighted by Crippen LogP contribution is 2.28. The molecule has 7 heteroatoms. The zero-order valence-electron chi connectivity index (χ0n) is 10.7. The highest BCUT2D eigenvalue weighted by molar-refractivity contribution is 7.98. The summed E-state index contributed by atoms with van der Waals surface area (Å²) in [5.41, 5.74) is -1.02. The van der Waals surface area contributed by atoms with Crippen LogP contribution in [0.2, 0.25) is 5.02 Å². The number of β-amino-alcohol motifs (C(OH)–C–C–N with tert-alkyl or cyclic N) is 1. The molecule has 1 aromatic heterocycles. The van der Waals surface area contributed by atoms with Crippen LogP contribution >= 0.6 is 23.4 Å². The number of aromatic nitrogens is 2. The highest BCUT2D eigenvalue weighted by atomic mass is 35.5. The first kappa shape index (κ1) is 13.9. The van der Waals surface area contributed by atoms with Gasteiger partial charge in [-0.15, -0.1) is 11.8 Å². The topological polar surface area (TPSA) is 71.2 Å². The number of hydrogen-bond donors (Lipinski definition) is 2. The van der Waals surface area contributed by atoms with E-state index in [4.69, 9.17) is 16.1 Å². The van der Waals surface area contributed by atoms with Crippen molar-refractivity contribution in [3.05, 3.63) is 41.0 Å². The summed E-state index contributed by atoms with van der Waals surface area (Å²) in [5.74, 6) is 1.45. The lowest BCUT2D eigenvalue weighted by molar-refractivity contribution is 0.0243. The van der Waals surface area contributed by atoms with Crippen molar-refractivity contribution >= 4 is 23.4 Å². The molecule has 5 nitrogen and oxygen atoms in total. The van der Waals surface area contributed by atoms with Gasteiger partial charge in [0.2, 0.25) is 0 Å². The van der Waals surface area contributed by atoms with E-state index in [9.17, 15) is 5.11 Å². The molecule has 0 saturated carbocycles. The number of hydrogen-bond acceptors (Lipinski definition) is 6. The molecule has 1 aliphatic rings. The molecule has 1 aromatic carbocycles. The van der Waals surface area contributed by atoms with E-state index < -0.39 is 5.60 Å². The number of nitrogens with one attached hydrogen (secondary N) is 1. The maximum atomic E-state index is 10.3. The zero-order chi connectivity index (χ0) is 14.0. The fourth-order valence-corrected chi connectivity index (χ4v) is 3.12. The molecular weight excluding hydrogens is 298 g/mol. The number of thioether (sulfide) groups is 1. The average Bonchev–Trinajstić information content (AvgIpc) is 3.06. The van der Waals surface area contributed by atoms with Crippen molar-refractivity contribution in [2.75, 3.05) is 13.1 Å². The molecule has 0 aliphatic carbocycles. The largest absolute Gasteiger partial charge is 0.379 e. The number of halogens is 1. The lowest BCUT2D eigenvalue weighted by atomic mass is 10.0. The minimum atomic E-state index is -1.02. The molecule has 1 atom stereocenters. The third kappa shape index (κ3) is 2.98. The molecule has 2 aromatic rings. The quantitative estimate of drug-likeness (QED) is 0.844. The molecular formula is C13H14ClN3O2S. The summed E-state index contributed by atoms with van der Waals surface area (Å²) in [6.45, 7) is 1.21. The fraction of sp³-hybridized carbons (Fsp3) is 0.385. The van der Waals surface area contributed by atoms with Crippen LogP contribution in [-0.4, -0.2) is 28.3 Å². The standard InChI is InChI=1S/C13H14ClN3O2S/c14-9-2-1-3-10(6-9)20-7-11-16-12(19-17-11)13(18)4-5-15-8-13/h1-3,6,15,18H,4-5,7-8H2. The molecule has 2 heterocycles. The lowest BCUT2D eigenvalue weighted by Gasteiger charge is -2.14. The molecule has 1 saturated heterocycles. The molecule has 3 rings (SSSR count). The van der Waals surface area contributed by atoms with Crippen LogP contribution in [0.5, 0.6) is 0 Å². The predicted octanol–water partition coefficient (Wildman–Crippen LogP) is 2.20. The van der Waals surface area contributed by atoms with Crippen LogP contribution in [0.3, 0.4) is 0 Å². The zero-order valence-corrected chi connectivity index (χ0v) is 12.2. The van der Waals surface area contributed by atoms with Gasteiger partial charge in [-0.1, -0.05) is 22.8 Å². The normalized spacial score (nSPS) is 22.3. The number of rotatable bonds is 4. The van der Waals surface area contributed by atoms with Crippen molar-refractivity contribution in [3.8, 4) is 0 Å². The Balaban J connectivity index is 1.65. The summed E-state index contributed by atoms with van der Waals surface area (Å²) >= 11 is 7.51. The third-order valence-electron chi connectivity index (χ3n) is 3.16. The number of aliphatic hydroxyl groups is 1. The second kappa shape index (κ2) is 5.73. The number of nitrogens with zero attached hydrogens (tertiary/aromatic N) is 2. The molecule has 0 spiro atoms. The molecule has 0 bridgehead atoms. The maximum absolute atomic E-state index is 10.3. The van der Waals surface area contributed by atoms with Gasteiger partial charge in [-0.2, -0.15) is 4.98 Å². The van der Waals surface area contributed by atoms with E-state index in [1.165, 1.54) is 0 Å². The molecule has 0 radical (unpaired) electrons. The summed E-state index contributed by atoms with van der Waals surface area (Å²) in [6, 6.07) is 7.60. The molecule has 0 amide bonds. The van der Waals surface area contributed by atoms with E-state index in [-0.39, 0.29) is 0 Å². The minimum Gasteiger partial charge on any atom is -0.379 e. The average molecular weight is 312 g/mol. The fourth-order valence-electron chi connectivity index (χ4n) is 2.07. The van der Waals surface area contributed by atoms with Gasteiger partial charge in [0.05, 0.1) is 5.75 Å². The Morgan fingerprint density at radius 3 is 3.15 bits per heavy atom. The smallest absolute Gasteiger partial charge is 0.260 e. The van der Waals surface area contributed by atoms with E-state index in [1.54, 1.807) is 11.8 Å². The Morgan fingerprint density at radius 2 is 2.40 bits per heavy atom. The Bertz CT molecular complexity index is 599. The van der Waals surface area contributed by atoms with E-state index in [2.05, 4.69) is 15.5 Å². The van der Waals surface area contributed by atoms with Crippen LogP contribution in [0, 0.1) is 0 Å². The van der Waals surface area contributed by atoms with Gasteiger partial charge in [0.25, 0.3) is 5.89 Å². The second-order valence-electron chi connectivity index (χ2n) is 4.72. The van der Waals surface area contributed by atoms with Crippen molar-refractivity contribution in [2.24, 2.45) is 0 Å². The van der Waals surface area contributed by atoms with Crippen LogP contribution in [0.15, 0.2) is 33.7 Å². The van der Waals surface area contributed by atoms with Gasteiger partial charge in [-0.05, 0) is 31.2 Å². The molecule has 1 fully saturated rings. The van der Waals surface area contributed by atoms with Crippen molar-refractivity contribution in [3.63, 3.8) is 0 Å². The van der Waals surface area contributed by atoms with E-state index in [0.717, 1.165) is 11.4 Å². The summed E-state index contributed by atoms with van der Waals surface area (Å²) in [7, 11) is 0. The minimum absolute atomic E-state index is 0.296. The van der Waals surface area contributed by atoms with Gasteiger partial charge in [0.15, 0.2) is 11.4 Å². The molecule has 1 unspecified atom stereocenters. The maximum Gasteiger partial charge on any atom is 0.260 e. The summed E-state index contributed by atoms with van der Waals surface area (Å²) in [6.07, 6.45) is 0.593. The highest BCUT2D eigenvalue weighted by Gasteiger charge is 2.38. The van der Waals surface area contributed by atoms with E-state index in [0.29, 0.717) is 35.5 Å². The Labute approximate surface area is 125 Å². The van der Waals surface area contributed by atoms with Crippen LogP contribution in [0.1, 0.15) is 18.1 Å². The molecule has 20 heavy (non-hydrogen) atoms. The SMILES string of the molecule is OC1(c2nc(CSc3cccc(Cl)c3)no2)CCNC1. The summed E-state index contributed by atoms with van der Waals surface area (Å²) < 4.78 is 5.17. The summed E-state index contributed by atoms with van der Waals surface area (Å²) in [5, 5.41) is 18.0. The predicted molar refractivity (Wildman–Crippen MR) is 76.7 cm³/mol. The monoisotopic (exact) mass is 311 g/mol.